The number of thiazole rings is 1. The number of rotatable bonds is 5. The quantitative estimate of drug-likeness (QED) is 0.908. The molecule has 1 rings (SSSR count). The van der Waals surface area contributed by atoms with Gasteiger partial charge in [0.15, 0.2) is 0 Å². The minimum atomic E-state index is 0. The van der Waals surface area contributed by atoms with Crippen LogP contribution in [0.3, 0.4) is 0 Å². The molecule has 1 unspecified atom stereocenters. The Labute approximate surface area is 125 Å². The van der Waals surface area contributed by atoms with Crippen LogP contribution in [0.1, 0.15) is 29.7 Å². The lowest BCUT2D eigenvalue weighted by atomic mass is 10.2. The third-order valence-corrected chi connectivity index (χ3v) is 3.20. The molecule has 0 aliphatic heterocycles. The van der Waals surface area contributed by atoms with Gasteiger partial charge in [-0.3, -0.25) is 4.79 Å². The molecule has 0 saturated heterocycles. The number of aryl methyl sites for hydroxylation is 1. The average molecular weight is 314 g/mol. The second kappa shape index (κ2) is 9.55. The lowest BCUT2D eigenvalue weighted by Gasteiger charge is -2.16. The summed E-state index contributed by atoms with van der Waals surface area (Å²) < 4.78 is 0. The van der Waals surface area contributed by atoms with Crippen LogP contribution in [0.5, 0.6) is 0 Å². The number of nitrogens with two attached hydrogens (primary N) is 1. The van der Waals surface area contributed by atoms with E-state index in [1.165, 1.54) is 0 Å². The van der Waals surface area contributed by atoms with Gasteiger partial charge in [-0.15, -0.1) is 36.2 Å². The van der Waals surface area contributed by atoms with Crippen LogP contribution >= 0.6 is 36.2 Å². The predicted octanol–water partition coefficient (Wildman–Crippen LogP) is 2.38. The number of nitrogens with zero attached hydrogens (tertiary/aromatic N) is 2. The number of amides is 1. The highest BCUT2D eigenvalue weighted by Crippen LogP contribution is 2.14. The molecule has 0 spiro atoms. The molecule has 0 bridgehead atoms. The van der Waals surface area contributed by atoms with Gasteiger partial charge in [0.2, 0.25) is 5.91 Å². The second-order valence-corrected chi connectivity index (χ2v) is 5.43. The maximum Gasteiger partial charge on any atom is 0.222 e. The largest absolute Gasteiger partial charge is 0.341 e. The van der Waals surface area contributed by atoms with Gasteiger partial charge in [0.1, 0.15) is 0 Å². The molecule has 1 amide bonds. The van der Waals surface area contributed by atoms with E-state index < -0.39 is 0 Å². The molecule has 0 fully saturated rings. The number of aromatic nitrogens is 1. The summed E-state index contributed by atoms with van der Waals surface area (Å²) >= 11 is 1.63. The fourth-order valence-electron chi connectivity index (χ4n) is 1.34. The first-order chi connectivity index (χ1) is 7.49. The molecular weight excluding hydrogens is 293 g/mol. The van der Waals surface area contributed by atoms with Gasteiger partial charge in [-0.1, -0.05) is 0 Å². The van der Waals surface area contributed by atoms with Crippen molar-refractivity contribution in [3.63, 3.8) is 0 Å². The third kappa shape index (κ3) is 7.16. The average Bonchev–Trinajstić information content (AvgIpc) is 2.60. The molecule has 18 heavy (non-hydrogen) atoms. The van der Waals surface area contributed by atoms with Gasteiger partial charge in [0.05, 0.1) is 11.6 Å². The fraction of sp³-hybridized carbons (Fsp3) is 0.636. The maximum absolute atomic E-state index is 11.7. The molecule has 0 radical (unpaired) electrons. The van der Waals surface area contributed by atoms with Gasteiger partial charge in [-0.05, 0) is 20.3 Å². The van der Waals surface area contributed by atoms with Crippen molar-refractivity contribution in [2.75, 3.05) is 7.05 Å². The Bertz CT molecular complexity index is 358. The normalized spacial score (nSPS) is 11.1. The Morgan fingerprint density at radius 1 is 1.56 bits per heavy atom. The van der Waals surface area contributed by atoms with Crippen molar-refractivity contribution in [3.8, 4) is 0 Å². The lowest BCUT2D eigenvalue weighted by molar-refractivity contribution is -0.130. The summed E-state index contributed by atoms with van der Waals surface area (Å²) in [7, 11) is 1.82. The first kappa shape index (κ1) is 20.0. The molecule has 0 aliphatic rings. The van der Waals surface area contributed by atoms with Crippen molar-refractivity contribution in [1.82, 2.24) is 9.88 Å². The molecule has 0 aliphatic carbocycles. The van der Waals surface area contributed by atoms with Gasteiger partial charge in [-0.25, -0.2) is 4.98 Å². The standard InChI is InChI=1S/C11H19N3OS.2ClH/c1-8(12)4-5-11(15)14(3)7-10-6-13-9(2)16-10;;/h6,8H,4-5,7,12H2,1-3H3;2*1H. The third-order valence-electron chi connectivity index (χ3n) is 2.30. The van der Waals surface area contributed by atoms with Crippen LogP contribution in [0.2, 0.25) is 0 Å². The molecule has 106 valence electrons. The molecule has 1 atom stereocenters. The van der Waals surface area contributed by atoms with Crippen LogP contribution in [0.25, 0.3) is 0 Å². The zero-order valence-electron chi connectivity index (χ0n) is 10.9. The molecule has 7 heteroatoms. The van der Waals surface area contributed by atoms with E-state index in [9.17, 15) is 4.79 Å². The summed E-state index contributed by atoms with van der Waals surface area (Å²) in [6, 6.07) is 0.0861. The van der Waals surface area contributed by atoms with Crippen molar-refractivity contribution in [3.05, 3.63) is 16.1 Å². The molecule has 0 saturated carbocycles. The van der Waals surface area contributed by atoms with E-state index in [1.807, 2.05) is 27.1 Å². The monoisotopic (exact) mass is 313 g/mol. The van der Waals surface area contributed by atoms with Crippen LogP contribution < -0.4 is 5.73 Å². The SMILES string of the molecule is Cc1ncc(CN(C)C(=O)CCC(C)N)s1.Cl.Cl. The lowest BCUT2D eigenvalue weighted by Crippen LogP contribution is -2.27. The highest BCUT2D eigenvalue weighted by atomic mass is 35.5. The Hall–Kier alpha value is -0.360. The van der Waals surface area contributed by atoms with E-state index in [4.69, 9.17) is 5.73 Å². The minimum Gasteiger partial charge on any atom is -0.341 e. The van der Waals surface area contributed by atoms with Crippen LogP contribution in [-0.4, -0.2) is 28.9 Å². The Morgan fingerprint density at radius 3 is 2.61 bits per heavy atom. The predicted molar refractivity (Wildman–Crippen MR) is 80.7 cm³/mol. The first-order valence-corrected chi connectivity index (χ1v) is 6.21. The van der Waals surface area contributed by atoms with Crippen LogP contribution in [-0.2, 0) is 11.3 Å². The fourth-order valence-corrected chi connectivity index (χ4v) is 2.19. The molecule has 4 nitrogen and oxygen atoms in total. The number of halogens is 2. The van der Waals surface area contributed by atoms with Gasteiger partial charge in [-0.2, -0.15) is 0 Å². The van der Waals surface area contributed by atoms with Gasteiger partial charge < -0.3 is 10.6 Å². The zero-order chi connectivity index (χ0) is 12.1. The van der Waals surface area contributed by atoms with E-state index in [-0.39, 0.29) is 36.8 Å². The summed E-state index contributed by atoms with van der Waals surface area (Å²) in [4.78, 5) is 18.7. The van der Waals surface area contributed by atoms with Gasteiger partial charge in [0.25, 0.3) is 0 Å². The number of carbonyl (C=O) groups is 1. The van der Waals surface area contributed by atoms with E-state index in [0.717, 1.165) is 16.3 Å². The van der Waals surface area contributed by atoms with Crippen molar-refractivity contribution in [2.45, 2.75) is 39.3 Å². The van der Waals surface area contributed by atoms with Crippen molar-refractivity contribution in [2.24, 2.45) is 5.73 Å². The second-order valence-electron chi connectivity index (χ2n) is 4.11. The smallest absolute Gasteiger partial charge is 0.222 e. The molecule has 2 N–H and O–H groups in total. The summed E-state index contributed by atoms with van der Waals surface area (Å²) in [6.45, 7) is 4.52. The van der Waals surface area contributed by atoms with E-state index >= 15 is 0 Å². The summed E-state index contributed by atoms with van der Waals surface area (Å²) in [5, 5.41) is 1.03. The van der Waals surface area contributed by atoms with Crippen LogP contribution in [0, 0.1) is 6.92 Å². The summed E-state index contributed by atoms with van der Waals surface area (Å²) in [5.74, 6) is 0.142. The Balaban J connectivity index is 0. The highest BCUT2D eigenvalue weighted by molar-refractivity contribution is 7.11. The van der Waals surface area contributed by atoms with Crippen molar-refractivity contribution in [1.29, 1.82) is 0 Å². The van der Waals surface area contributed by atoms with Crippen LogP contribution in [0.15, 0.2) is 6.20 Å². The van der Waals surface area contributed by atoms with Crippen LogP contribution in [0.4, 0.5) is 0 Å². The number of hydrogen-bond acceptors (Lipinski definition) is 4. The molecule has 1 heterocycles. The Kier molecular flexibility index (Phi) is 10.6. The Morgan fingerprint density at radius 2 is 2.17 bits per heavy atom. The van der Waals surface area contributed by atoms with Gasteiger partial charge in [0, 0.05) is 30.6 Å². The molecule has 1 aromatic rings. The zero-order valence-corrected chi connectivity index (χ0v) is 13.3. The summed E-state index contributed by atoms with van der Waals surface area (Å²) in [5.41, 5.74) is 5.62. The molecule has 1 aromatic heterocycles. The highest BCUT2D eigenvalue weighted by Gasteiger charge is 2.11. The van der Waals surface area contributed by atoms with Crippen molar-refractivity contribution < 1.29 is 4.79 Å². The maximum atomic E-state index is 11.7. The van der Waals surface area contributed by atoms with Crippen molar-refractivity contribution >= 4 is 42.1 Å². The topological polar surface area (TPSA) is 59.2 Å². The minimum absolute atomic E-state index is 0. The number of carbonyl (C=O) groups excluding carboxylic acids is 1. The molecule has 0 aromatic carbocycles. The summed E-state index contributed by atoms with van der Waals surface area (Å²) in [6.07, 6.45) is 3.09. The number of hydrogen-bond donors (Lipinski definition) is 1. The van der Waals surface area contributed by atoms with E-state index in [1.54, 1.807) is 16.2 Å². The van der Waals surface area contributed by atoms with E-state index in [0.29, 0.717) is 13.0 Å². The van der Waals surface area contributed by atoms with E-state index in [2.05, 4.69) is 4.98 Å². The first-order valence-electron chi connectivity index (χ1n) is 5.40. The molecular formula is C11H21Cl2N3OS. The van der Waals surface area contributed by atoms with Gasteiger partial charge >= 0.3 is 0 Å².